The van der Waals surface area contributed by atoms with Crippen LogP contribution in [0.2, 0.25) is 0 Å². The number of aryl methyl sites for hydroxylation is 1. The number of cyclic esters (lactones) is 1. The molecule has 16 nitrogen and oxygen atoms in total. The maximum Gasteiger partial charge on any atom is 0.324 e. The number of esters is 1. The molecule has 6 heterocycles. The number of hydrogen-bond donors (Lipinski definition) is 2. The fraction of sp³-hybridized carbons (Fsp3) is 0.531. The van der Waals surface area contributed by atoms with Gasteiger partial charge in [0.15, 0.2) is 0 Å². The van der Waals surface area contributed by atoms with E-state index in [2.05, 4.69) is 66.9 Å². The number of urea groups is 1. The average Bonchev–Trinajstić information content (AvgIpc) is 3.89. The fourth-order valence-electron chi connectivity index (χ4n) is 9.51. The van der Waals surface area contributed by atoms with E-state index < -0.39 is 41.3 Å². The van der Waals surface area contributed by atoms with Gasteiger partial charge in [0.05, 0.1) is 40.8 Å². The molecule has 66 heavy (non-hydrogen) atoms. The number of hydrazine groups is 1. The Morgan fingerprint density at radius 3 is 2.59 bits per heavy atom. The van der Waals surface area contributed by atoms with E-state index in [1.54, 1.807) is 32.3 Å². The van der Waals surface area contributed by atoms with Gasteiger partial charge < -0.3 is 34.1 Å². The molecular weight excluding hydrogens is 859 g/mol. The third kappa shape index (κ3) is 9.88. The largest absolute Gasteiger partial charge is 0.464 e. The molecule has 5 atom stereocenters. The smallest absolute Gasteiger partial charge is 0.324 e. The summed E-state index contributed by atoms with van der Waals surface area (Å²) in [7, 11) is 4.95. The van der Waals surface area contributed by atoms with Gasteiger partial charge in [0.2, 0.25) is 11.8 Å². The zero-order valence-corrected chi connectivity index (χ0v) is 40.6. The van der Waals surface area contributed by atoms with E-state index in [1.807, 2.05) is 32.2 Å². The number of amides is 5. The topological polar surface area (TPSA) is 172 Å². The normalized spacial score (nSPS) is 20.8. The molecule has 3 aromatic heterocycles. The second-order valence-electron chi connectivity index (χ2n) is 18.9. The van der Waals surface area contributed by atoms with Crippen LogP contribution in [0.1, 0.15) is 83.2 Å². The Bertz CT molecular complexity index is 2480. The minimum absolute atomic E-state index is 0.0718. The first-order valence-electron chi connectivity index (χ1n) is 23.0. The first-order chi connectivity index (χ1) is 31.5. The van der Waals surface area contributed by atoms with Crippen LogP contribution < -0.4 is 10.7 Å². The number of pyridine rings is 1. The van der Waals surface area contributed by atoms with Crippen LogP contribution in [-0.2, 0) is 48.0 Å². The molecule has 0 aliphatic carbocycles. The number of benzene rings is 1. The van der Waals surface area contributed by atoms with Gasteiger partial charge in [0.1, 0.15) is 18.1 Å². The summed E-state index contributed by atoms with van der Waals surface area (Å²) >= 11 is 1.40. The Morgan fingerprint density at radius 1 is 1.14 bits per heavy atom. The number of fused-ring (bicyclic) bond motifs is 6. The average molecular weight is 924 g/mol. The molecule has 0 spiro atoms. The lowest BCUT2D eigenvalue weighted by Crippen LogP contribution is -2.64. The van der Waals surface area contributed by atoms with Crippen molar-refractivity contribution in [3.8, 4) is 22.5 Å². The van der Waals surface area contributed by atoms with Crippen LogP contribution in [0, 0.1) is 11.3 Å². The molecule has 7 rings (SSSR count). The van der Waals surface area contributed by atoms with Gasteiger partial charge in [-0.25, -0.2) is 15.2 Å². The van der Waals surface area contributed by atoms with E-state index in [0.29, 0.717) is 50.4 Å². The Balaban J connectivity index is 1.25. The highest BCUT2D eigenvalue weighted by atomic mass is 32.1. The van der Waals surface area contributed by atoms with Gasteiger partial charge in [0.25, 0.3) is 5.91 Å². The van der Waals surface area contributed by atoms with Crippen molar-refractivity contribution < 1.29 is 33.4 Å². The third-order valence-corrected chi connectivity index (χ3v) is 14.1. The molecule has 1 unspecified atom stereocenters. The van der Waals surface area contributed by atoms with Gasteiger partial charge in [-0.1, -0.05) is 40.3 Å². The molecule has 5 amide bonds. The summed E-state index contributed by atoms with van der Waals surface area (Å²) < 4.78 is 14.2. The predicted octanol–water partition coefficient (Wildman–Crippen LogP) is 6.00. The molecule has 17 heteroatoms. The van der Waals surface area contributed by atoms with Gasteiger partial charge >= 0.3 is 12.0 Å². The molecule has 6 bridgehead atoms. The minimum Gasteiger partial charge on any atom is -0.464 e. The van der Waals surface area contributed by atoms with Crippen LogP contribution in [0.3, 0.4) is 0 Å². The summed E-state index contributed by atoms with van der Waals surface area (Å²) in [6.07, 6.45) is 5.14. The highest BCUT2D eigenvalue weighted by Gasteiger charge is 2.41. The Hall–Kier alpha value is -5.65. The zero-order valence-electron chi connectivity index (χ0n) is 39.8. The molecule has 354 valence electrons. The van der Waals surface area contributed by atoms with Crippen molar-refractivity contribution in [3.63, 3.8) is 0 Å². The SMILES string of the molecule is C=CC(=O)N(C)C[C@H]1CCN1C(=O)N(C)C(C(=O)N[C@H]1Cc2nc(cs2)-c2ccc3c(c2)c(c(-c2cccnc2[C@H](C)OC)n3CC)CC(C)(C)COC(=O)[C@@H]2CCCN(N2)C1=O)C(C)C. The minimum atomic E-state index is -1.09. The van der Waals surface area contributed by atoms with E-state index in [9.17, 15) is 24.0 Å². The summed E-state index contributed by atoms with van der Waals surface area (Å²) in [5.74, 6) is -1.94. The summed E-state index contributed by atoms with van der Waals surface area (Å²) in [6.45, 7) is 17.5. The predicted molar refractivity (Wildman–Crippen MR) is 254 cm³/mol. The maximum absolute atomic E-state index is 14.6. The highest BCUT2D eigenvalue weighted by molar-refractivity contribution is 7.10. The molecule has 0 radical (unpaired) electrons. The standard InChI is InChI=1S/C49H65N9O7S/c1-11-41(59)54(8)26-32-19-22-57(32)48(63)55(9)43(29(3)4)45(60)52-37-24-40-51-38(27-66-40)31-17-18-39-34(23-31)35(44(56(39)12-2)33-15-13-20-50-42(33)30(5)64-10)25-49(6,7)28-65-47(62)36-16-14-21-58(53-36)46(37)61/h11,13,15,17-18,20,23,27,29-30,32,36-37,43,53H,1,12,14,16,19,21-22,24-26,28H2,2-10H3,(H,52,60)/t30-,32+,36-,37-,43?/m0/s1. The van der Waals surface area contributed by atoms with Crippen molar-refractivity contribution in [1.82, 2.24) is 45.0 Å². The van der Waals surface area contributed by atoms with Crippen LogP contribution >= 0.6 is 11.3 Å². The van der Waals surface area contributed by atoms with E-state index in [1.165, 1.54) is 32.2 Å². The van der Waals surface area contributed by atoms with Crippen molar-refractivity contribution in [2.45, 2.75) is 110 Å². The quantitative estimate of drug-likeness (QED) is 0.134. The first kappa shape index (κ1) is 48.3. The number of methoxy groups -OCH3 is 1. The van der Waals surface area contributed by atoms with Crippen LogP contribution in [0.4, 0.5) is 4.79 Å². The highest BCUT2D eigenvalue weighted by Crippen LogP contribution is 2.42. The molecule has 2 N–H and O–H groups in total. The molecule has 2 saturated heterocycles. The number of nitrogens with one attached hydrogen (secondary N) is 2. The zero-order chi connectivity index (χ0) is 47.6. The lowest BCUT2D eigenvalue weighted by atomic mass is 9.84. The number of rotatable bonds is 11. The molecule has 1 aromatic carbocycles. The van der Waals surface area contributed by atoms with Gasteiger partial charge in [-0.15, -0.1) is 11.3 Å². The van der Waals surface area contributed by atoms with Gasteiger partial charge in [-0.05, 0) is 81.4 Å². The van der Waals surface area contributed by atoms with Crippen LogP contribution in [0.25, 0.3) is 33.4 Å². The first-order valence-corrected chi connectivity index (χ1v) is 23.9. The number of hydrogen-bond acceptors (Lipinski definition) is 11. The molecule has 3 aliphatic heterocycles. The van der Waals surface area contributed by atoms with Crippen LogP contribution in [0.15, 0.2) is 54.6 Å². The number of likely N-dealkylation sites (tertiary alicyclic amines) is 1. The summed E-state index contributed by atoms with van der Waals surface area (Å²) in [4.78, 5) is 83.7. The van der Waals surface area contributed by atoms with Crippen molar-refractivity contribution in [2.24, 2.45) is 11.3 Å². The van der Waals surface area contributed by atoms with E-state index in [-0.39, 0.29) is 43.0 Å². The molecular formula is C49H65N9O7S. The molecule has 2 fully saturated rings. The van der Waals surface area contributed by atoms with E-state index >= 15 is 0 Å². The van der Waals surface area contributed by atoms with Gasteiger partial charge in [0, 0.05) is 92.8 Å². The number of nitrogens with zero attached hydrogens (tertiary/aromatic N) is 7. The summed E-state index contributed by atoms with van der Waals surface area (Å²) in [5.41, 5.74) is 9.25. The van der Waals surface area contributed by atoms with E-state index in [0.717, 1.165) is 51.1 Å². The Kier molecular flexibility index (Phi) is 14.7. The fourth-order valence-corrected chi connectivity index (χ4v) is 10.4. The molecule has 0 saturated carbocycles. The number of likely N-dealkylation sites (N-methyl/N-ethyl adjacent to an activating group) is 2. The maximum atomic E-state index is 14.6. The van der Waals surface area contributed by atoms with Crippen molar-refractivity contribution >= 4 is 52.0 Å². The second kappa shape index (κ2) is 20.1. The third-order valence-electron chi connectivity index (χ3n) is 13.2. The molecule has 4 aromatic rings. The Morgan fingerprint density at radius 2 is 1.91 bits per heavy atom. The van der Waals surface area contributed by atoms with E-state index in [4.69, 9.17) is 19.4 Å². The van der Waals surface area contributed by atoms with Crippen molar-refractivity contribution in [3.05, 3.63) is 70.8 Å². The van der Waals surface area contributed by atoms with Crippen LogP contribution in [0.5, 0.6) is 0 Å². The second-order valence-corrected chi connectivity index (χ2v) is 19.9. The number of ether oxygens (including phenoxy) is 2. The van der Waals surface area contributed by atoms with Crippen molar-refractivity contribution in [1.29, 1.82) is 0 Å². The Labute approximate surface area is 391 Å². The van der Waals surface area contributed by atoms with Crippen molar-refractivity contribution in [2.75, 3.05) is 47.4 Å². The van der Waals surface area contributed by atoms with Gasteiger partial charge in [-0.2, -0.15) is 0 Å². The lowest BCUT2D eigenvalue weighted by Gasteiger charge is -2.45. The summed E-state index contributed by atoms with van der Waals surface area (Å²) in [6, 6.07) is 7.05. The molecule has 3 aliphatic rings. The number of aromatic nitrogens is 3. The monoisotopic (exact) mass is 923 g/mol. The number of carbonyl (C=O) groups excluding carboxylic acids is 5. The van der Waals surface area contributed by atoms with Gasteiger partial charge in [-0.3, -0.25) is 29.2 Å². The number of thiazole rings is 1. The number of carbonyl (C=O) groups is 5. The summed E-state index contributed by atoms with van der Waals surface area (Å²) in [5, 5.41) is 8.10. The van der Waals surface area contributed by atoms with Crippen LogP contribution in [-0.4, -0.2) is 136 Å². The lowest BCUT2D eigenvalue weighted by molar-refractivity contribution is -0.155.